The minimum absolute atomic E-state index is 0.0246. The lowest BCUT2D eigenvalue weighted by atomic mass is 9.94. The van der Waals surface area contributed by atoms with Crippen LogP contribution in [0, 0.1) is 11.8 Å². The molecule has 1 aromatic rings. The lowest BCUT2D eigenvalue weighted by Crippen LogP contribution is -2.48. The number of sulfonamides is 1. The SMILES string of the molecule is CC1[C@@H](C(=O)NC2CCCC2=O)[C@]1(C)c1ccc(S(=O)(=O)N(C(=O)O)C(C)(C)C)cc1. The first-order valence-electron chi connectivity index (χ1n) is 10.4. The van der Waals surface area contributed by atoms with E-state index in [1.807, 2.05) is 13.8 Å². The first kappa shape index (κ1) is 23.2. The van der Waals surface area contributed by atoms with Gasteiger partial charge in [-0.05, 0) is 57.2 Å². The maximum Gasteiger partial charge on any atom is 0.421 e. The maximum atomic E-state index is 12.9. The minimum atomic E-state index is -4.25. The zero-order valence-corrected chi connectivity index (χ0v) is 19.3. The molecular weight excluding hydrogens is 420 g/mol. The zero-order chi connectivity index (χ0) is 23.4. The summed E-state index contributed by atoms with van der Waals surface area (Å²) < 4.78 is 26.3. The summed E-state index contributed by atoms with van der Waals surface area (Å²) >= 11 is 0. The van der Waals surface area contributed by atoms with E-state index in [9.17, 15) is 27.9 Å². The van der Waals surface area contributed by atoms with Gasteiger partial charge in [0.05, 0.1) is 22.4 Å². The molecule has 0 heterocycles. The molecule has 2 fully saturated rings. The first-order valence-corrected chi connectivity index (χ1v) is 11.9. The molecule has 31 heavy (non-hydrogen) atoms. The third-order valence-corrected chi connectivity index (χ3v) is 8.74. The number of carbonyl (C=O) groups is 3. The van der Waals surface area contributed by atoms with Gasteiger partial charge in [0.15, 0.2) is 5.78 Å². The second kappa shape index (κ2) is 7.62. The van der Waals surface area contributed by atoms with E-state index < -0.39 is 33.1 Å². The highest BCUT2D eigenvalue weighted by atomic mass is 32.2. The summed E-state index contributed by atoms with van der Waals surface area (Å²) in [7, 11) is -4.25. The summed E-state index contributed by atoms with van der Waals surface area (Å²) in [5.41, 5.74) is -0.819. The Morgan fingerprint density at radius 2 is 1.77 bits per heavy atom. The molecule has 0 spiro atoms. The fourth-order valence-electron chi connectivity index (χ4n) is 4.74. The molecular formula is C22H30N2O6S. The number of nitrogens with zero attached hydrogens (tertiary/aromatic N) is 1. The molecule has 9 heteroatoms. The fourth-order valence-corrected chi connectivity index (χ4v) is 6.36. The third-order valence-electron chi connectivity index (χ3n) is 6.68. The number of ketones is 1. The molecule has 1 aromatic carbocycles. The summed E-state index contributed by atoms with van der Waals surface area (Å²) in [6, 6.07) is 5.65. The third kappa shape index (κ3) is 3.95. The van der Waals surface area contributed by atoms with Crippen molar-refractivity contribution in [2.24, 2.45) is 11.8 Å². The first-order chi connectivity index (χ1) is 14.2. The van der Waals surface area contributed by atoms with Gasteiger partial charge < -0.3 is 10.4 Å². The Balaban J connectivity index is 1.82. The quantitative estimate of drug-likeness (QED) is 0.711. The van der Waals surface area contributed by atoms with Crippen molar-refractivity contribution in [1.29, 1.82) is 0 Å². The Bertz CT molecular complexity index is 1010. The average molecular weight is 451 g/mol. The van der Waals surface area contributed by atoms with Crippen LogP contribution >= 0.6 is 0 Å². The van der Waals surface area contributed by atoms with Gasteiger partial charge >= 0.3 is 6.09 Å². The summed E-state index contributed by atoms with van der Waals surface area (Å²) in [6.07, 6.45) is 0.417. The standard InChI is InChI=1S/C22H30N2O6S/c1-13-18(19(26)23-16-7-6-8-17(16)25)22(13,5)14-9-11-15(12-10-14)31(29,30)24(20(27)28)21(2,3)4/h9-13,16,18H,6-8H2,1-5H3,(H,23,26)(H,27,28)/t13?,16?,18-,22-/m0/s1. The van der Waals surface area contributed by atoms with Crippen LogP contribution in [0.3, 0.4) is 0 Å². The fraction of sp³-hybridized carbons (Fsp3) is 0.591. The molecule has 2 unspecified atom stereocenters. The van der Waals surface area contributed by atoms with E-state index in [1.54, 1.807) is 12.1 Å². The predicted molar refractivity (Wildman–Crippen MR) is 114 cm³/mol. The summed E-state index contributed by atoms with van der Waals surface area (Å²) in [5.74, 6) is -0.374. The molecule has 170 valence electrons. The van der Waals surface area contributed by atoms with Gasteiger partial charge in [-0.25, -0.2) is 13.2 Å². The van der Waals surface area contributed by atoms with Crippen LogP contribution in [0.1, 0.15) is 59.4 Å². The molecule has 2 saturated carbocycles. The summed E-state index contributed by atoms with van der Waals surface area (Å²) in [6.45, 7) is 8.44. The lowest BCUT2D eigenvalue weighted by Gasteiger charge is -2.32. The number of hydrogen-bond acceptors (Lipinski definition) is 5. The number of Topliss-reactive ketones (excluding diaryl/α,β-unsaturated/α-hetero) is 1. The van der Waals surface area contributed by atoms with Crippen molar-refractivity contribution in [2.75, 3.05) is 0 Å². The van der Waals surface area contributed by atoms with Crippen molar-refractivity contribution in [3.8, 4) is 0 Å². The van der Waals surface area contributed by atoms with E-state index >= 15 is 0 Å². The molecule has 0 radical (unpaired) electrons. The van der Waals surface area contributed by atoms with Gasteiger partial charge in [0.1, 0.15) is 0 Å². The monoisotopic (exact) mass is 450 g/mol. The molecule has 2 aliphatic rings. The topological polar surface area (TPSA) is 121 Å². The Hall–Kier alpha value is -2.42. The number of amides is 2. The molecule has 0 saturated heterocycles. The highest BCUT2D eigenvalue weighted by molar-refractivity contribution is 7.89. The van der Waals surface area contributed by atoms with Crippen molar-refractivity contribution in [2.45, 2.75) is 75.8 Å². The highest BCUT2D eigenvalue weighted by Crippen LogP contribution is 2.59. The van der Waals surface area contributed by atoms with Gasteiger partial charge in [-0.1, -0.05) is 26.0 Å². The number of carbonyl (C=O) groups excluding carboxylic acids is 2. The van der Waals surface area contributed by atoms with E-state index in [-0.39, 0.29) is 28.4 Å². The largest absolute Gasteiger partial charge is 0.464 e. The second-order valence-corrected chi connectivity index (χ2v) is 11.5. The highest BCUT2D eigenvalue weighted by Gasteiger charge is 2.63. The summed E-state index contributed by atoms with van der Waals surface area (Å²) in [4.78, 5) is 36.1. The van der Waals surface area contributed by atoms with Crippen molar-refractivity contribution < 1.29 is 27.9 Å². The van der Waals surface area contributed by atoms with E-state index in [2.05, 4.69) is 5.32 Å². The van der Waals surface area contributed by atoms with Crippen LogP contribution < -0.4 is 5.32 Å². The van der Waals surface area contributed by atoms with Gasteiger partial charge in [0, 0.05) is 11.8 Å². The van der Waals surface area contributed by atoms with Crippen LogP contribution in [0.4, 0.5) is 4.79 Å². The van der Waals surface area contributed by atoms with Gasteiger partial charge in [-0.2, -0.15) is 4.31 Å². The molecule has 2 N–H and O–H groups in total. The van der Waals surface area contributed by atoms with Crippen molar-refractivity contribution >= 4 is 27.8 Å². The number of nitrogens with one attached hydrogen (secondary N) is 1. The number of hydrogen-bond donors (Lipinski definition) is 2. The summed E-state index contributed by atoms with van der Waals surface area (Å²) in [5, 5.41) is 12.3. The Morgan fingerprint density at radius 3 is 2.23 bits per heavy atom. The maximum absolute atomic E-state index is 12.9. The number of carboxylic acid groups (broad SMARTS) is 1. The van der Waals surface area contributed by atoms with Crippen LogP contribution in [0.25, 0.3) is 0 Å². The average Bonchev–Trinajstić information content (AvgIpc) is 2.97. The molecule has 4 atom stereocenters. The Morgan fingerprint density at radius 1 is 1.19 bits per heavy atom. The number of rotatable bonds is 5. The molecule has 8 nitrogen and oxygen atoms in total. The van der Waals surface area contributed by atoms with Gasteiger partial charge in [-0.15, -0.1) is 0 Å². The van der Waals surface area contributed by atoms with Gasteiger partial charge in [0.25, 0.3) is 10.0 Å². The minimum Gasteiger partial charge on any atom is -0.464 e. The number of benzene rings is 1. The molecule has 3 rings (SSSR count). The lowest BCUT2D eigenvalue weighted by molar-refractivity contribution is -0.127. The predicted octanol–water partition coefficient (Wildman–Crippen LogP) is 2.92. The van der Waals surface area contributed by atoms with Crippen LogP contribution in [0.5, 0.6) is 0 Å². The second-order valence-electron chi connectivity index (χ2n) is 9.72. The van der Waals surface area contributed by atoms with E-state index in [4.69, 9.17) is 0 Å². The Kier molecular flexibility index (Phi) is 5.71. The molecule has 0 aromatic heterocycles. The molecule has 0 bridgehead atoms. The van der Waals surface area contributed by atoms with Crippen LogP contribution in [0.2, 0.25) is 0 Å². The zero-order valence-electron chi connectivity index (χ0n) is 18.5. The van der Waals surface area contributed by atoms with Crippen molar-refractivity contribution in [3.05, 3.63) is 29.8 Å². The van der Waals surface area contributed by atoms with Gasteiger partial charge in [-0.3, -0.25) is 9.59 Å². The van der Waals surface area contributed by atoms with Crippen molar-refractivity contribution in [1.82, 2.24) is 9.62 Å². The normalized spacial score (nSPS) is 28.3. The van der Waals surface area contributed by atoms with Crippen molar-refractivity contribution in [3.63, 3.8) is 0 Å². The molecule has 0 aliphatic heterocycles. The van der Waals surface area contributed by atoms with Crippen LogP contribution in [-0.2, 0) is 25.0 Å². The smallest absolute Gasteiger partial charge is 0.421 e. The Labute approximate surface area is 183 Å². The molecule has 2 aliphatic carbocycles. The molecule has 2 amide bonds. The van der Waals surface area contributed by atoms with E-state index in [0.717, 1.165) is 12.0 Å². The van der Waals surface area contributed by atoms with Crippen LogP contribution in [-0.4, -0.2) is 47.2 Å². The van der Waals surface area contributed by atoms with E-state index in [1.165, 1.54) is 32.9 Å². The van der Waals surface area contributed by atoms with Crippen LogP contribution in [0.15, 0.2) is 29.2 Å². The van der Waals surface area contributed by atoms with Gasteiger partial charge in [0.2, 0.25) is 5.91 Å². The van der Waals surface area contributed by atoms with E-state index in [0.29, 0.717) is 17.1 Å².